The van der Waals surface area contributed by atoms with E-state index in [1.54, 1.807) is 24.7 Å². The van der Waals surface area contributed by atoms with Crippen molar-refractivity contribution in [2.75, 3.05) is 5.32 Å². The summed E-state index contributed by atoms with van der Waals surface area (Å²) >= 11 is 4.77. The van der Waals surface area contributed by atoms with Gasteiger partial charge in [-0.25, -0.2) is 15.0 Å². The fourth-order valence-electron chi connectivity index (χ4n) is 1.25. The Bertz CT molecular complexity index is 567. The highest BCUT2D eigenvalue weighted by molar-refractivity contribution is 9.10. The van der Waals surface area contributed by atoms with Crippen molar-refractivity contribution < 1.29 is 4.79 Å². The van der Waals surface area contributed by atoms with Gasteiger partial charge in [0, 0.05) is 23.1 Å². The number of hydrogen-bond donors (Lipinski definition) is 1. The van der Waals surface area contributed by atoms with Crippen molar-refractivity contribution in [2.24, 2.45) is 0 Å². The van der Waals surface area contributed by atoms with E-state index < -0.39 is 0 Å². The highest BCUT2D eigenvalue weighted by Crippen LogP contribution is 2.28. The van der Waals surface area contributed by atoms with Crippen LogP contribution in [-0.4, -0.2) is 26.1 Å². The SMILES string of the molecule is CC(Sc1ncccc1Br)C(=O)Nc1ncccn1. The van der Waals surface area contributed by atoms with Crippen LogP contribution in [0.4, 0.5) is 5.95 Å². The van der Waals surface area contributed by atoms with E-state index in [1.165, 1.54) is 11.8 Å². The first-order chi connectivity index (χ1) is 9.16. The Hall–Kier alpha value is -1.47. The molecule has 0 aromatic carbocycles. The van der Waals surface area contributed by atoms with Crippen molar-refractivity contribution in [3.63, 3.8) is 0 Å². The zero-order valence-corrected chi connectivity index (χ0v) is 12.5. The predicted octanol–water partition coefficient (Wildman–Crippen LogP) is 2.75. The molecule has 0 aliphatic rings. The highest BCUT2D eigenvalue weighted by Gasteiger charge is 2.17. The third kappa shape index (κ3) is 4.00. The highest BCUT2D eigenvalue weighted by atomic mass is 79.9. The number of hydrogen-bond acceptors (Lipinski definition) is 5. The van der Waals surface area contributed by atoms with Gasteiger partial charge in [0.05, 0.1) is 5.25 Å². The largest absolute Gasteiger partial charge is 0.294 e. The Morgan fingerprint density at radius 1 is 1.26 bits per heavy atom. The summed E-state index contributed by atoms with van der Waals surface area (Å²) in [4.78, 5) is 24.1. The van der Waals surface area contributed by atoms with E-state index in [4.69, 9.17) is 0 Å². The number of rotatable bonds is 4. The molecule has 1 N–H and O–H groups in total. The van der Waals surface area contributed by atoms with Crippen LogP contribution in [-0.2, 0) is 4.79 Å². The van der Waals surface area contributed by atoms with Gasteiger partial charge in [-0.15, -0.1) is 0 Å². The number of nitrogens with one attached hydrogen (secondary N) is 1. The summed E-state index contributed by atoms with van der Waals surface area (Å²) < 4.78 is 0.871. The minimum atomic E-state index is -0.296. The topological polar surface area (TPSA) is 67.8 Å². The molecular weight excluding hydrogens is 328 g/mol. The molecule has 0 bridgehead atoms. The van der Waals surface area contributed by atoms with Crippen LogP contribution in [0.5, 0.6) is 0 Å². The number of halogens is 1. The van der Waals surface area contributed by atoms with Crippen molar-refractivity contribution >= 4 is 39.5 Å². The number of pyridine rings is 1. The summed E-state index contributed by atoms with van der Waals surface area (Å²) in [6.45, 7) is 1.81. The fourth-order valence-corrected chi connectivity index (χ4v) is 2.59. The second kappa shape index (κ2) is 6.63. The average Bonchev–Trinajstić information content (AvgIpc) is 2.42. The van der Waals surface area contributed by atoms with Crippen LogP contribution in [0.3, 0.4) is 0 Å². The number of anilines is 1. The molecule has 7 heteroatoms. The van der Waals surface area contributed by atoms with E-state index in [0.29, 0.717) is 5.95 Å². The molecule has 0 fully saturated rings. The second-order valence-electron chi connectivity index (χ2n) is 3.61. The number of carbonyl (C=O) groups excluding carboxylic acids is 1. The molecule has 0 saturated carbocycles. The van der Waals surface area contributed by atoms with E-state index in [1.807, 2.05) is 19.1 Å². The Morgan fingerprint density at radius 2 is 1.95 bits per heavy atom. The smallest absolute Gasteiger partial charge is 0.239 e. The maximum Gasteiger partial charge on any atom is 0.239 e. The third-order valence-corrected chi connectivity index (χ3v) is 4.20. The van der Waals surface area contributed by atoms with E-state index in [-0.39, 0.29) is 11.2 Å². The molecule has 0 aliphatic heterocycles. The molecule has 1 amide bonds. The monoisotopic (exact) mass is 338 g/mol. The quantitative estimate of drug-likeness (QED) is 0.868. The Labute approximate surface area is 123 Å². The summed E-state index contributed by atoms with van der Waals surface area (Å²) in [6.07, 6.45) is 4.85. The molecule has 0 aliphatic carbocycles. The van der Waals surface area contributed by atoms with Crippen LogP contribution < -0.4 is 5.32 Å². The molecule has 0 saturated heterocycles. The van der Waals surface area contributed by atoms with Gasteiger partial charge in [0.25, 0.3) is 0 Å². The minimum Gasteiger partial charge on any atom is -0.294 e. The van der Waals surface area contributed by atoms with Gasteiger partial charge in [-0.2, -0.15) is 0 Å². The van der Waals surface area contributed by atoms with Crippen molar-refractivity contribution in [2.45, 2.75) is 17.2 Å². The molecule has 0 spiro atoms. The normalized spacial score (nSPS) is 11.9. The van der Waals surface area contributed by atoms with Crippen LogP contribution >= 0.6 is 27.7 Å². The van der Waals surface area contributed by atoms with Gasteiger partial charge in [-0.1, -0.05) is 11.8 Å². The summed E-state index contributed by atoms with van der Waals surface area (Å²) in [7, 11) is 0. The van der Waals surface area contributed by atoms with E-state index >= 15 is 0 Å². The van der Waals surface area contributed by atoms with Gasteiger partial charge in [-0.3, -0.25) is 10.1 Å². The van der Waals surface area contributed by atoms with Crippen molar-refractivity contribution in [1.82, 2.24) is 15.0 Å². The minimum absolute atomic E-state index is 0.159. The standard InChI is InChI=1S/C12H11BrN4OS/c1-8(19-11-9(13)4-2-5-14-11)10(18)17-12-15-6-3-7-16-12/h2-8H,1H3,(H,15,16,17,18). The van der Waals surface area contributed by atoms with Gasteiger partial charge in [-0.05, 0) is 41.1 Å². The molecule has 0 radical (unpaired) electrons. The van der Waals surface area contributed by atoms with Crippen LogP contribution in [0, 0.1) is 0 Å². The van der Waals surface area contributed by atoms with Gasteiger partial charge < -0.3 is 0 Å². The van der Waals surface area contributed by atoms with E-state index in [0.717, 1.165) is 9.50 Å². The predicted molar refractivity (Wildman–Crippen MR) is 77.9 cm³/mol. The maximum absolute atomic E-state index is 12.0. The second-order valence-corrected chi connectivity index (χ2v) is 5.80. The molecule has 2 rings (SSSR count). The molecule has 1 atom stereocenters. The molecule has 98 valence electrons. The molecule has 2 heterocycles. The first-order valence-corrected chi connectivity index (χ1v) is 7.19. The van der Waals surface area contributed by atoms with Crippen molar-refractivity contribution in [1.29, 1.82) is 0 Å². The lowest BCUT2D eigenvalue weighted by molar-refractivity contribution is -0.115. The lowest BCUT2D eigenvalue weighted by Crippen LogP contribution is -2.23. The van der Waals surface area contributed by atoms with Gasteiger partial charge >= 0.3 is 0 Å². The number of amides is 1. The Morgan fingerprint density at radius 3 is 2.63 bits per heavy atom. The number of carbonyl (C=O) groups is 1. The van der Waals surface area contributed by atoms with Crippen molar-refractivity contribution in [3.05, 3.63) is 41.3 Å². The molecular formula is C12H11BrN4OS. The zero-order valence-electron chi connectivity index (χ0n) is 10.1. The van der Waals surface area contributed by atoms with Crippen LogP contribution in [0.25, 0.3) is 0 Å². The lowest BCUT2D eigenvalue weighted by atomic mass is 10.4. The van der Waals surface area contributed by atoms with E-state index in [9.17, 15) is 4.79 Å². The van der Waals surface area contributed by atoms with Crippen LogP contribution in [0.15, 0.2) is 46.3 Å². The van der Waals surface area contributed by atoms with Crippen molar-refractivity contribution in [3.8, 4) is 0 Å². The third-order valence-electron chi connectivity index (χ3n) is 2.18. The fraction of sp³-hybridized carbons (Fsp3) is 0.167. The van der Waals surface area contributed by atoms with Gasteiger partial charge in [0.2, 0.25) is 11.9 Å². The first-order valence-electron chi connectivity index (χ1n) is 5.52. The summed E-state index contributed by atoms with van der Waals surface area (Å²) in [6, 6.07) is 5.41. The van der Waals surface area contributed by atoms with E-state index in [2.05, 4.69) is 36.2 Å². The summed E-state index contributed by atoms with van der Waals surface area (Å²) in [5.74, 6) is 0.147. The maximum atomic E-state index is 12.0. The van der Waals surface area contributed by atoms with Crippen LogP contribution in [0.1, 0.15) is 6.92 Å². The number of aromatic nitrogens is 3. The van der Waals surface area contributed by atoms with Crippen LogP contribution in [0.2, 0.25) is 0 Å². The molecule has 1 unspecified atom stereocenters. The number of thioether (sulfide) groups is 1. The average molecular weight is 339 g/mol. The van der Waals surface area contributed by atoms with Gasteiger partial charge in [0.15, 0.2) is 0 Å². The molecule has 5 nitrogen and oxygen atoms in total. The Balaban J connectivity index is 1.98. The number of nitrogens with zero attached hydrogens (tertiary/aromatic N) is 3. The molecule has 2 aromatic heterocycles. The summed E-state index contributed by atoms with van der Waals surface area (Å²) in [5.41, 5.74) is 0. The molecule has 2 aromatic rings. The first kappa shape index (κ1) is 14.0. The molecule has 19 heavy (non-hydrogen) atoms. The zero-order chi connectivity index (χ0) is 13.7. The Kier molecular flexibility index (Phi) is 4.86. The van der Waals surface area contributed by atoms with Gasteiger partial charge in [0.1, 0.15) is 5.03 Å². The summed E-state index contributed by atoms with van der Waals surface area (Å²) in [5, 5.41) is 3.14. The lowest BCUT2D eigenvalue weighted by Gasteiger charge is -2.11.